The van der Waals surface area contributed by atoms with E-state index in [4.69, 9.17) is 0 Å². The lowest BCUT2D eigenvalue weighted by Gasteiger charge is -2.39. The van der Waals surface area contributed by atoms with E-state index < -0.39 is 22.0 Å². The van der Waals surface area contributed by atoms with E-state index in [1.54, 1.807) is 23.6 Å². The van der Waals surface area contributed by atoms with Gasteiger partial charge in [0, 0.05) is 26.2 Å². The van der Waals surface area contributed by atoms with E-state index in [0.717, 1.165) is 16.9 Å². The molecule has 3 aromatic rings. The van der Waals surface area contributed by atoms with Crippen LogP contribution in [0.4, 0.5) is 4.39 Å². The van der Waals surface area contributed by atoms with Gasteiger partial charge in [0.2, 0.25) is 11.8 Å². The van der Waals surface area contributed by atoms with E-state index in [0.29, 0.717) is 5.56 Å². The lowest BCUT2D eigenvalue weighted by Crippen LogP contribution is -2.61. The summed E-state index contributed by atoms with van der Waals surface area (Å²) in [7, 11) is -3.91. The number of halogens is 1. The van der Waals surface area contributed by atoms with Crippen molar-refractivity contribution in [1.82, 2.24) is 14.5 Å². The maximum atomic E-state index is 13.3. The van der Waals surface area contributed by atoms with Crippen LogP contribution in [-0.2, 0) is 32.6 Å². The van der Waals surface area contributed by atoms with E-state index in [1.165, 1.54) is 27.4 Å². The molecule has 2 aromatic carbocycles. The van der Waals surface area contributed by atoms with Gasteiger partial charge in [0.1, 0.15) is 16.1 Å². The zero-order valence-corrected chi connectivity index (χ0v) is 19.9. The molecular formula is C24H24FN3O4S2. The average molecular weight is 502 g/mol. The van der Waals surface area contributed by atoms with E-state index >= 15 is 0 Å². The molecule has 1 saturated heterocycles. The summed E-state index contributed by atoms with van der Waals surface area (Å²) in [5, 5.41) is 4.41. The summed E-state index contributed by atoms with van der Waals surface area (Å²) in [5.74, 6) is -1.07. The highest BCUT2D eigenvalue weighted by atomic mass is 32.2. The lowest BCUT2D eigenvalue weighted by atomic mass is 10.1. The Kier molecular flexibility index (Phi) is 7.40. The molecular weight excluding hydrogens is 477 g/mol. The summed E-state index contributed by atoms with van der Waals surface area (Å²) in [4.78, 5) is 27.6. The molecule has 1 atom stereocenters. The van der Waals surface area contributed by atoms with E-state index in [9.17, 15) is 22.4 Å². The minimum Gasteiger partial charge on any atom is -0.351 e. The molecule has 1 N–H and O–H groups in total. The largest absolute Gasteiger partial charge is 0.351 e. The Hall–Kier alpha value is -3.08. The zero-order chi connectivity index (χ0) is 24.1. The first-order valence-corrected chi connectivity index (χ1v) is 13.1. The van der Waals surface area contributed by atoms with Crippen LogP contribution in [0.1, 0.15) is 11.1 Å². The van der Waals surface area contributed by atoms with Crippen LogP contribution in [0.15, 0.2) is 76.3 Å². The molecule has 1 aliphatic rings. The Bertz CT molecular complexity index is 1230. The van der Waals surface area contributed by atoms with Crippen LogP contribution in [0.5, 0.6) is 0 Å². The fourth-order valence-electron chi connectivity index (χ4n) is 3.81. The summed E-state index contributed by atoms with van der Waals surface area (Å²) in [6.07, 6.45) is 0.169. The zero-order valence-electron chi connectivity index (χ0n) is 18.3. The summed E-state index contributed by atoms with van der Waals surface area (Å²) in [5.41, 5.74) is 1.52. The molecule has 0 radical (unpaired) electrons. The van der Waals surface area contributed by atoms with Gasteiger partial charge in [0.05, 0.1) is 6.42 Å². The van der Waals surface area contributed by atoms with Gasteiger partial charge < -0.3 is 10.2 Å². The third-order valence-corrected chi connectivity index (χ3v) is 8.90. The molecule has 1 unspecified atom stereocenters. The van der Waals surface area contributed by atoms with Crippen molar-refractivity contribution in [3.8, 4) is 0 Å². The number of rotatable bonds is 7. The van der Waals surface area contributed by atoms with Crippen LogP contribution in [-0.4, -0.2) is 55.1 Å². The first-order chi connectivity index (χ1) is 16.3. The Morgan fingerprint density at radius 2 is 1.71 bits per heavy atom. The van der Waals surface area contributed by atoms with Crippen LogP contribution >= 0.6 is 11.3 Å². The molecule has 10 heteroatoms. The fourth-order valence-corrected chi connectivity index (χ4v) is 6.50. The second-order valence-electron chi connectivity index (χ2n) is 7.91. The molecule has 2 heterocycles. The molecule has 7 nitrogen and oxygen atoms in total. The number of hydrogen-bond donors (Lipinski definition) is 1. The van der Waals surface area contributed by atoms with Crippen molar-refractivity contribution in [3.05, 3.63) is 89.1 Å². The molecule has 0 spiro atoms. The van der Waals surface area contributed by atoms with Gasteiger partial charge in [-0.1, -0.05) is 48.5 Å². The minimum atomic E-state index is -3.91. The number of nitrogens with zero attached hydrogens (tertiary/aromatic N) is 2. The smallest absolute Gasteiger partial charge is 0.253 e. The van der Waals surface area contributed by atoms with E-state index in [1.807, 2.05) is 30.3 Å². The molecule has 4 rings (SSSR count). The van der Waals surface area contributed by atoms with Crippen molar-refractivity contribution in [2.75, 3.05) is 19.6 Å². The predicted molar refractivity (Wildman–Crippen MR) is 127 cm³/mol. The average Bonchev–Trinajstić information content (AvgIpc) is 3.40. The maximum absolute atomic E-state index is 13.3. The molecule has 1 fully saturated rings. The van der Waals surface area contributed by atoms with Crippen LogP contribution in [0.3, 0.4) is 0 Å². The Labute approximate surface area is 201 Å². The van der Waals surface area contributed by atoms with Gasteiger partial charge in [0.15, 0.2) is 0 Å². The molecule has 178 valence electrons. The Balaban J connectivity index is 1.52. The number of carbonyl (C=O) groups is 2. The highest BCUT2D eigenvalue weighted by Crippen LogP contribution is 2.25. The normalized spacial score (nSPS) is 16.9. The van der Waals surface area contributed by atoms with Gasteiger partial charge in [-0.05, 0) is 34.7 Å². The van der Waals surface area contributed by atoms with Crippen molar-refractivity contribution < 1.29 is 22.4 Å². The number of piperazine rings is 1. The lowest BCUT2D eigenvalue weighted by molar-refractivity contribution is -0.135. The highest BCUT2D eigenvalue weighted by molar-refractivity contribution is 7.91. The minimum absolute atomic E-state index is 0.00932. The number of hydrogen-bond acceptors (Lipinski definition) is 5. The third kappa shape index (κ3) is 5.52. The Morgan fingerprint density at radius 3 is 2.38 bits per heavy atom. The van der Waals surface area contributed by atoms with Crippen LogP contribution in [0.2, 0.25) is 0 Å². The first kappa shape index (κ1) is 24.1. The Morgan fingerprint density at radius 1 is 0.971 bits per heavy atom. The molecule has 34 heavy (non-hydrogen) atoms. The number of thiophene rings is 1. The van der Waals surface area contributed by atoms with E-state index in [-0.39, 0.29) is 48.5 Å². The first-order valence-electron chi connectivity index (χ1n) is 10.7. The second kappa shape index (κ2) is 10.5. The second-order valence-corrected chi connectivity index (χ2v) is 11.0. The topological polar surface area (TPSA) is 86.8 Å². The van der Waals surface area contributed by atoms with Gasteiger partial charge in [-0.2, -0.15) is 4.31 Å². The number of benzene rings is 2. The van der Waals surface area contributed by atoms with Crippen LogP contribution in [0.25, 0.3) is 0 Å². The number of carbonyl (C=O) groups excluding carboxylic acids is 2. The van der Waals surface area contributed by atoms with Crippen molar-refractivity contribution >= 4 is 33.2 Å². The van der Waals surface area contributed by atoms with Gasteiger partial charge in [0.25, 0.3) is 10.0 Å². The van der Waals surface area contributed by atoms with E-state index in [2.05, 4.69) is 5.32 Å². The van der Waals surface area contributed by atoms with Crippen LogP contribution in [0, 0.1) is 5.82 Å². The van der Waals surface area contributed by atoms with Gasteiger partial charge in [-0.25, -0.2) is 12.8 Å². The summed E-state index contributed by atoms with van der Waals surface area (Å²) in [6.45, 7) is 0.263. The fraction of sp³-hybridized carbons (Fsp3) is 0.250. The summed E-state index contributed by atoms with van der Waals surface area (Å²) < 4.78 is 41.0. The maximum Gasteiger partial charge on any atom is 0.253 e. The third-order valence-electron chi connectivity index (χ3n) is 5.62. The highest BCUT2D eigenvalue weighted by Gasteiger charge is 2.41. The molecule has 0 aliphatic carbocycles. The SMILES string of the molecule is O=C(NCc1ccc(F)cc1)C1CN(C(=O)Cc2ccccc2)CCN1S(=O)(=O)c1cccs1. The van der Waals surface area contributed by atoms with Gasteiger partial charge >= 0.3 is 0 Å². The standard InChI is InChI=1S/C24H24FN3O4S2/c25-20-10-8-19(9-11-20)16-26-24(30)21-17-27(22(29)15-18-5-2-1-3-6-18)12-13-28(21)34(31,32)23-7-4-14-33-23/h1-11,14,21H,12-13,15-17H2,(H,26,30). The number of amides is 2. The van der Waals surface area contributed by atoms with Crippen molar-refractivity contribution in [2.45, 2.75) is 23.2 Å². The number of nitrogens with one attached hydrogen (secondary N) is 1. The molecule has 0 bridgehead atoms. The predicted octanol–water partition coefficient (Wildman–Crippen LogP) is 2.65. The molecule has 1 aromatic heterocycles. The number of sulfonamides is 1. The van der Waals surface area contributed by atoms with Crippen molar-refractivity contribution in [3.63, 3.8) is 0 Å². The molecule has 0 saturated carbocycles. The summed E-state index contributed by atoms with van der Waals surface area (Å²) >= 11 is 1.08. The summed E-state index contributed by atoms with van der Waals surface area (Å²) in [6, 6.07) is 17.0. The quantitative estimate of drug-likeness (QED) is 0.539. The van der Waals surface area contributed by atoms with Crippen molar-refractivity contribution in [2.24, 2.45) is 0 Å². The monoisotopic (exact) mass is 501 g/mol. The molecule has 2 amide bonds. The molecule has 1 aliphatic heterocycles. The van der Waals surface area contributed by atoms with Gasteiger partial charge in [-0.3, -0.25) is 9.59 Å². The van der Waals surface area contributed by atoms with Crippen LogP contribution < -0.4 is 5.32 Å². The van der Waals surface area contributed by atoms with Gasteiger partial charge in [-0.15, -0.1) is 11.3 Å². The van der Waals surface area contributed by atoms with Crippen molar-refractivity contribution in [1.29, 1.82) is 0 Å².